The standard InChI is InChI=1S/C24H18FN7O2/c1-13-4-5-16(21(25)30-13)12-29-23(33)20-22(26)32-19(24-28-9-10-34-24)18(31-20)15-6-7-17-14(11-15)3-2-8-27-17/h2-11H,12H2,1H3,(H2,26,32)(H,29,33). The van der Waals surface area contributed by atoms with Crippen LogP contribution in [-0.2, 0) is 6.54 Å². The van der Waals surface area contributed by atoms with E-state index in [0.717, 1.165) is 10.9 Å². The van der Waals surface area contributed by atoms with Gasteiger partial charge in [-0.15, -0.1) is 0 Å². The summed E-state index contributed by atoms with van der Waals surface area (Å²) in [5, 5.41) is 3.51. The van der Waals surface area contributed by atoms with Crippen LogP contribution in [0.1, 0.15) is 21.7 Å². The van der Waals surface area contributed by atoms with E-state index in [2.05, 4.69) is 30.2 Å². The summed E-state index contributed by atoms with van der Waals surface area (Å²) < 4.78 is 19.5. The van der Waals surface area contributed by atoms with Crippen molar-refractivity contribution in [2.75, 3.05) is 5.73 Å². The third kappa shape index (κ3) is 4.04. The van der Waals surface area contributed by atoms with Gasteiger partial charge < -0.3 is 15.5 Å². The number of carbonyl (C=O) groups excluding carboxylic acids is 1. The van der Waals surface area contributed by atoms with Gasteiger partial charge in [0.05, 0.1) is 11.7 Å². The van der Waals surface area contributed by atoms with Gasteiger partial charge in [-0.3, -0.25) is 9.78 Å². The second-order valence-electron chi connectivity index (χ2n) is 7.49. The lowest BCUT2D eigenvalue weighted by atomic mass is 10.1. The van der Waals surface area contributed by atoms with Gasteiger partial charge in [0.2, 0.25) is 11.8 Å². The fraction of sp³-hybridized carbons (Fsp3) is 0.0833. The summed E-state index contributed by atoms with van der Waals surface area (Å²) in [5.41, 5.74) is 8.89. The number of nitrogen functional groups attached to an aromatic ring is 1. The number of nitrogens with one attached hydrogen (secondary N) is 1. The third-order valence-corrected chi connectivity index (χ3v) is 5.15. The monoisotopic (exact) mass is 455 g/mol. The van der Waals surface area contributed by atoms with E-state index in [1.165, 1.54) is 12.5 Å². The smallest absolute Gasteiger partial charge is 0.274 e. The number of hydrogen-bond donors (Lipinski definition) is 2. The molecule has 1 aromatic carbocycles. The molecule has 0 unspecified atom stereocenters. The number of aryl methyl sites for hydroxylation is 1. The van der Waals surface area contributed by atoms with Crippen LogP contribution in [0, 0.1) is 12.9 Å². The molecule has 9 nitrogen and oxygen atoms in total. The molecule has 0 fully saturated rings. The summed E-state index contributed by atoms with van der Waals surface area (Å²) in [7, 11) is 0. The van der Waals surface area contributed by atoms with E-state index in [9.17, 15) is 9.18 Å². The van der Waals surface area contributed by atoms with E-state index in [-0.39, 0.29) is 35.2 Å². The molecule has 0 atom stereocenters. The number of fused-ring (bicyclic) bond motifs is 1. The highest BCUT2D eigenvalue weighted by Crippen LogP contribution is 2.31. The second-order valence-corrected chi connectivity index (χ2v) is 7.49. The van der Waals surface area contributed by atoms with Crippen molar-refractivity contribution in [1.82, 2.24) is 30.2 Å². The first-order valence-corrected chi connectivity index (χ1v) is 10.3. The molecule has 0 spiro atoms. The normalized spacial score (nSPS) is 11.0. The van der Waals surface area contributed by atoms with Crippen LogP contribution in [0.5, 0.6) is 0 Å². The van der Waals surface area contributed by atoms with Crippen molar-refractivity contribution in [3.8, 4) is 22.8 Å². The Morgan fingerprint density at radius 2 is 1.94 bits per heavy atom. The number of amides is 1. The van der Waals surface area contributed by atoms with Crippen molar-refractivity contribution < 1.29 is 13.6 Å². The van der Waals surface area contributed by atoms with E-state index >= 15 is 0 Å². The maximum atomic E-state index is 14.1. The number of hydrogen-bond acceptors (Lipinski definition) is 8. The van der Waals surface area contributed by atoms with Crippen LogP contribution in [0.15, 0.2) is 65.5 Å². The van der Waals surface area contributed by atoms with Crippen molar-refractivity contribution in [3.63, 3.8) is 0 Å². The molecule has 0 saturated carbocycles. The Morgan fingerprint density at radius 1 is 1.06 bits per heavy atom. The van der Waals surface area contributed by atoms with E-state index < -0.39 is 11.9 Å². The maximum absolute atomic E-state index is 14.1. The molecule has 168 valence electrons. The fourth-order valence-electron chi connectivity index (χ4n) is 3.47. The lowest BCUT2D eigenvalue weighted by Crippen LogP contribution is -2.26. The van der Waals surface area contributed by atoms with Crippen molar-refractivity contribution in [1.29, 1.82) is 0 Å². The number of nitrogens with zero attached hydrogens (tertiary/aromatic N) is 5. The van der Waals surface area contributed by atoms with Crippen LogP contribution in [-0.4, -0.2) is 30.8 Å². The molecule has 10 heteroatoms. The Hall–Kier alpha value is -4.73. The Kier molecular flexibility index (Phi) is 5.38. The predicted molar refractivity (Wildman–Crippen MR) is 123 cm³/mol. The Bertz CT molecular complexity index is 1520. The number of halogens is 1. The zero-order valence-corrected chi connectivity index (χ0v) is 18.0. The number of anilines is 1. The van der Waals surface area contributed by atoms with Gasteiger partial charge in [0.15, 0.2) is 17.2 Å². The summed E-state index contributed by atoms with van der Waals surface area (Å²) in [6.45, 7) is 1.60. The van der Waals surface area contributed by atoms with Gasteiger partial charge in [0, 0.05) is 34.9 Å². The maximum Gasteiger partial charge on any atom is 0.274 e. The number of pyridine rings is 2. The largest absolute Gasteiger partial charge is 0.443 e. The molecule has 1 amide bonds. The van der Waals surface area contributed by atoms with E-state index in [1.807, 2.05) is 30.3 Å². The average molecular weight is 455 g/mol. The van der Waals surface area contributed by atoms with Crippen LogP contribution in [0.3, 0.4) is 0 Å². The van der Waals surface area contributed by atoms with Gasteiger partial charge in [-0.05, 0) is 31.2 Å². The number of aromatic nitrogens is 5. The number of carbonyl (C=O) groups is 1. The first kappa shape index (κ1) is 21.1. The molecule has 3 N–H and O–H groups in total. The van der Waals surface area contributed by atoms with E-state index in [0.29, 0.717) is 17.0 Å². The highest BCUT2D eigenvalue weighted by molar-refractivity contribution is 5.98. The molecule has 0 aliphatic carbocycles. The SMILES string of the molecule is Cc1ccc(CNC(=O)c2nc(-c3ccc4ncccc4c3)c(-c3ncco3)nc2N)c(F)n1. The molecular weight excluding hydrogens is 437 g/mol. The summed E-state index contributed by atoms with van der Waals surface area (Å²) in [6.07, 6.45) is 4.59. The van der Waals surface area contributed by atoms with Gasteiger partial charge in [-0.1, -0.05) is 18.2 Å². The number of benzene rings is 1. The molecule has 0 saturated heterocycles. The molecule has 34 heavy (non-hydrogen) atoms. The van der Waals surface area contributed by atoms with Gasteiger partial charge in [-0.2, -0.15) is 4.39 Å². The summed E-state index contributed by atoms with van der Waals surface area (Å²) in [5.74, 6) is -1.16. The minimum Gasteiger partial charge on any atom is -0.443 e. The lowest BCUT2D eigenvalue weighted by molar-refractivity contribution is 0.0946. The van der Waals surface area contributed by atoms with Gasteiger partial charge in [0.1, 0.15) is 12.0 Å². The van der Waals surface area contributed by atoms with E-state index in [1.54, 1.807) is 25.3 Å². The zero-order valence-electron chi connectivity index (χ0n) is 18.0. The summed E-state index contributed by atoms with van der Waals surface area (Å²) >= 11 is 0. The predicted octanol–water partition coefficient (Wildman–Crippen LogP) is 3.70. The highest BCUT2D eigenvalue weighted by Gasteiger charge is 2.22. The van der Waals surface area contributed by atoms with Crippen molar-refractivity contribution >= 4 is 22.6 Å². The highest BCUT2D eigenvalue weighted by atomic mass is 19.1. The van der Waals surface area contributed by atoms with Crippen LogP contribution < -0.4 is 11.1 Å². The van der Waals surface area contributed by atoms with Gasteiger partial charge >= 0.3 is 0 Å². The van der Waals surface area contributed by atoms with Crippen LogP contribution >= 0.6 is 0 Å². The fourth-order valence-corrected chi connectivity index (χ4v) is 3.47. The molecule has 5 aromatic rings. The van der Waals surface area contributed by atoms with Crippen LogP contribution in [0.2, 0.25) is 0 Å². The van der Waals surface area contributed by atoms with Crippen LogP contribution in [0.25, 0.3) is 33.7 Å². The quantitative estimate of drug-likeness (QED) is 0.383. The van der Waals surface area contributed by atoms with Crippen molar-refractivity contribution in [3.05, 3.63) is 84.0 Å². The Morgan fingerprint density at radius 3 is 2.74 bits per heavy atom. The van der Waals surface area contributed by atoms with Crippen LogP contribution in [0.4, 0.5) is 10.2 Å². The van der Waals surface area contributed by atoms with Crippen molar-refractivity contribution in [2.24, 2.45) is 0 Å². The third-order valence-electron chi connectivity index (χ3n) is 5.15. The molecule has 5 rings (SSSR count). The average Bonchev–Trinajstić information content (AvgIpc) is 3.38. The number of rotatable bonds is 5. The lowest BCUT2D eigenvalue weighted by Gasteiger charge is -2.12. The van der Waals surface area contributed by atoms with Gasteiger partial charge in [-0.25, -0.2) is 19.9 Å². The number of nitrogens with two attached hydrogens (primary N) is 1. The minimum atomic E-state index is -0.649. The van der Waals surface area contributed by atoms with Gasteiger partial charge in [0.25, 0.3) is 5.91 Å². The molecule has 0 aliphatic rings. The number of oxazole rings is 1. The minimum absolute atomic E-state index is 0.0858. The first-order valence-electron chi connectivity index (χ1n) is 10.3. The molecule has 0 bridgehead atoms. The molecule has 0 aliphatic heterocycles. The topological polar surface area (TPSA) is 133 Å². The van der Waals surface area contributed by atoms with Crippen molar-refractivity contribution in [2.45, 2.75) is 13.5 Å². The molecule has 4 aromatic heterocycles. The van der Waals surface area contributed by atoms with E-state index in [4.69, 9.17) is 10.2 Å². The summed E-state index contributed by atoms with van der Waals surface area (Å²) in [4.78, 5) is 34.1. The first-order chi connectivity index (χ1) is 16.5. The zero-order chi connectivity index (χ0) is 23.7. The molecular formula is C24H18FN7O2. The molecule has 4 heterocycles. The summed E-state index contributed by atoms with van der Waals surface area (Å²) in [6, 6.07) is 12.5. The Balaban J connectivity index is 1.55. The second kappa shape index (κ2) is 8.66. The molecule has 0 radical (unpaired) electrons. The Labute approximate surface area is 192 Å².